The Kier molecular flexibility index (Phi) is 3.06. The standard InChI is InChI=1S/C7H15O/c1-4-6-7(3,8)5-2/h4-6H2,1-3H3. The molecule has 0 aromatic carbocycles. The van der Waals surface area contributed by atoms with Crippen LogP contribution < -0.4 is 0 Å². The maximum absolute atomic E-state index is 11.1. The maximum atomic E-state index is 11.1. The predicted molar refractivity (Wildman–Crippen MR) is 34.3 cm³/mol. The van der Waals surface area contributed by atoms with Crippen LogP contribution in [0.25, 0.3) is 0 Å². The molecule has 1 nitrogen and oxygen atoms in total. The summed E-state index contributed by atoms with van der Waals surface area (Å²) >= 11 is 0. The molecule has 0 fully saturated rings. The highest BCUT2D eigenvalue weighted by molar-refractivity contribution is 4.67. The highest BCUT2D eigenvalue weighted by atomic mass is 16.3. The van der Waals surface area contributed by atoms with Gasteiger partial charge in [0.15, 0.2) is 0 Å². The Morgan fingerprint density at radius 2 is 1.88 bits per heavy atom. The van der Waals surface area contributed by atoms with Gasteiger partial charge in [0.1, 0.15) is 5.60 Å². The molecule has 1 heteroatoms. The van der Waals surface area contributed by atoms with Crippen molar-refractivity contribution in [3.8, 4) is 0 Å². The lowest BCUT2D eigenvalue weighted by atomic mass is 9.98. The van der Waals surface area contributed by atoms with Gasteiger partial charge in [0.25, 0.3) is 0 Å². The Morgan fingerprint density at radius 1 is 1.38 bits per heavy atom. The van der Waals surface area contributed by atoms with Crippen LogP contribution in [0.15, 0.2) is 0 Å². The number of hydrogen-bond donors (Lipinski definition) is 0. The number of rotatable bonds is 3. The summed E-state index contributed by atoms with van der Waals surface area (Å²) in [6, 6.07) is 0. The van der Waals surface area contributed by atoms with E-state index in [1.54, 1.807) is 6.92 Å². The molecule has 0 amide bonds. The minimum Gasteiger partial charge on any atom is -0.230 e. The lowest BCUT2D eigenvalue weighted by Crippen LogP contribution is -2.19. The average Bonchev–Trinajstić information content (AvgIpc) is 1.67. The summed E-state index contributed by atoms with van der Waals surface area (Å²) in [5, 5.41) is 11.1. The van der Waals surface area contributed by atoms with Crippen LogP contribution in [0.3, 0.4) is 0 Å². The highest BCUT2D eigenvalue weighted by Gasteiger charge is 2.17. The van der Waals surface area contributed by atoms with Gasteiger partial charge in [0, 0.05) is 0 Å². The molecule has 0 saturated heterocycles. The summed E-state index contributed by atoms with van der Waals surface area (Å²) in [4.78, 5) is 0. The minimum atomic E-state index is -0.658. The summed E-state index contributed by atoms with van der Waals surface area (Å²) < 4.78 is 0. The van der Waals surface area contributed by atoms with Gasteiger partial charge in [-0.3, -0.25) is 0 Å². The van der Waals surface area contributed by atoms with Crippen LogP contribution in [0.4, 0.5) is 0 Å². The second-order valence-electron chi connectivity index (χ2n) is 2.55. The second-order valence-corrected chi connectivity index (χ2v) is 2.55. The monoisotopic (exact) mass is 115 g/mol. The molecule has 0 aromatic rings. The predicted octanol–water partition coefficient (Wildman–Crippen LogP) is 2.39. The summed E-state index contributed by atoms with van der Waals surface area (Å²) in [5.74, 6) is 0. The molecule has 1 unspecified atom stereocenters. The van der Waals surface area contributed by atoms with E-state index < -0.39 is 5.60 Å². The fourth-order valence-corrected chi connectivity index (χ4v) is 0.706. The smallest absolute Gasteiger partial charge is 0.101 e. The van der Waals surface area contributed by atoms with Gasteiger partial charge in [-0.1, -0.05) is 20.3 Å². The molecule has 0 aliphatic rings. The van der Waals surface area contributed by atoms with Gasteiger partial charge in [0.2, 0.25) is 0 Å². The first-order valence-electron chi connectivity index (χ1n) is 3.33. The van der Waals surface area contributed by atoms with Gasteiger partial charge < -0.3 is 0 Å². The summed E-state index contributed by atoms with van der Waals surface area (Å²) in [6.07, 6.45) is 2.57. The first-order valence-corrected chi connectivity index (χ1v) is 3.33. The van der Waals surface area contributed by atoms with Crippen molar-refractivity contribution < 1.29 is 5.11 Å². The third-order valence-electron chi connectivity index (χ3n) is 1.53. The van der Waals surface area contributed by atoms with E-state index in [9.17, 15) is 5.11 Å². The summed E-state index contributed by atoms with van der Waals surface area (Å²) in [6.45, 7) is 5.77. The molecule has 0 bridgehead atoms. The average molecular weight is 115 g/mol. The molecule has 0 heterocycles. The lowest BCUT2D eigenvalue weighted by molar-refractivity contribution is -0.0237. The maximum Gasteiger partial charge on any atom is 0.101 e. The highest BCUT2D eigenvalue weighted by Crippen LogP contribution is 2.15. The second kappa shape index (κ2) is 3.08. The van der Waals surface area contributed by atoms with E-state index in [2.05, 4.69) is 0 Å². The normalized spacial score (nSPS) is 18.0. The van der Waals surface area contributed by atoms with Crippen LogP contribution in [0.2, 0.25) is 0 Å². The molecule has 49 valence electrons. The molecule has 0 saturated carbocycles. The minimum absolute atomic E-state index is 0.658. The summed E-state index contributed by atoms with van der Waals surface area (Å²) in [7, 11) is 0. The molecule has 1 radical (unpaired) electrons. The quantitative estimate of drug-likeness (QED) is 0.538. The van der Waals surface area contributed by atoms with Crippen molar-refractivity contribution in [2.24, 2.45) is 0 Å². The Hall–Kier alpha value is -0.0400. The lowest BCUT2D eigenvalue weighted by Gasteiger charge is -2.15. The fraction of sp³-hybridized carbons (Fsp3) is 1.00. The van der Waals surface area contributed by atoms with Crippen molar-refractivity contribution in [3.05, 3.63) is 0 Å². The van der Waals surface area contributed by atoms with Crippen molar-refractivity contribution in [2.45, 2.75) is 45.6 Å². The van der Waals surface area contributed by atoms with E-state index in [1.165, 1.54) is 0 Å². The van der Waals surface area contributed by atoms with Gasteiger partial charge in [-0.2, -0.15) is 0 Å². The van der Waals surface area contributed by atoms with Crippen molar-refractivity contribution in [1.82, 2.24) is 0 Å². The Morgan fingerprint density at radius 3 is 2.00 bits per heavy atom. The van der Waals surface area contributed by atoms with Crippen molar-refractivity contribution in [1.29, 1.82) is 0 Å². The van der Waals surface area contributed by atoms with Crippen LogP contribution in [0.5, 0.6) is 0 Å². The molecule has 1 atom stereocenters. The van der Waals surface area contributed by atoms with E-state index in [0.29, 0.717) is 0 Å². The van der Waals surface area contributed by atoms with E-state index >= 15 is 0 Å². The molecular weight excluding hydrogens is 100 g/mol. The molecule has 0 aliphatic carbocycles. The van der Waals surface area contributed by atoms with Crippen molar-refractivity contribution in [3.63, 3.8) is 0 Å². The van der Waals surface area contributed by atoms with Crippen molar-refractivity contribution >= 4 is 0 Å². The van der Waals surface area contributed by atoms with E-state index in [0.717, 1.165) is 19.3 Å². The molecule has 0 aromatic heterocycles. The van der Waals surface area contributed by atoms with Gasteiger partial charge in [-0.05, 0) is 19.8 Å². The van der Waals surface area contributed by atoms with Crippen LogP contribution in [0.1, 0.15) is 40.0 Å². The molecule has 0 rings (SSSR count). The van der Waals surface area contributed by atoms with Crippen LogP contribution in [-0.4, -0.2) is 5.60 Å². The first-order chi connectivity index (χ1) is 3.62. The first kappa shape index (κ1) is 7.96. The summed E-state index contributed by atoms with van der Waals surface area (Å²) in [5.41, 5.74) is -0.658. The van der Waals surface area contributed by atoms with Crippen LogP contribution in [-0.2, 0) is 5.11 Å². The third kappa shape index (κ3) is 3.03. The largest absolute Gasteiger partial charge is 0.230 e. The van der Waals surface area contributed by atoms with E-state index in [1.807, 2.05) is 13.8 Å². The van der Waals surface area contributed by atoms with Crippen molar-refractivity contribution in [2.75, 3.05) is 0 Å². The molecule has 0 N–H and O–H groups in total. The zero-order valence-corrected chi connectivity index (χ0v) is 6.03. The van der Waals surface area contributed by atoms with Crippen LogP contribution >= 0.6 is 0 Å². The molecule has 0 spiro atoms. The van der Waals surface area contributed by atoms with Crippen LogP contribution in [0, 0.1) is 0 Å². The Balaban J connectivity index is 3.37. The van der Waals surface area contributed by atoms with E-state index in [4.69, 9.17) is 0 Å². The SMILES string of the molecule is CCCC(C)([O])CC. The Labute approximate surface area is 51.7 Å². The zero-order valence-electron chi connectivity index (χ0n) is 6.03. The molecular formula is C7H15O. The molecule has 8 heavy (non-hydrogen) atoms. The van der Waals surface area contributed by atoms with Gasteiger partial charge >= 0.3 is 0 Å². The van der Waals surface area contributed by atoms with Gasteiger partial charge in [-0.15, -0.1) is 0 Å². The van der Waals surface area contributed by atoms with Gasteiger partial charge in [0.05, 0.1) is 0 Å². The Bertz CT molecular complexity index is 57.4. The van der Waals surface area contributed by atoms with Gasteiger partial charge in [-0.25, -0.2) is 5.11 Å². The topological polar surface area (TPSA) is 19.9 Å². The number of hydrogen-bond acceptors (Lipinski definition) is 0. The van der Waals surface area contributed by atoms with E-state index in [-0.39, 0.29) is 0 Å². The fourth-order valence-electron chi connectivity index (χ4n) is 0.706. The third-order valence-corrected chi connectivity index (χ3v) is 1.53. The molecule has 0 aliphatic heterocycles. The zero-order chi connectivity index (χ0) is 6.62.